The zero-order chi connectivity index (χ0) is 21.1. The van der Waals surface area contributed by atoms with E-state index in [4.69, 9.17) is 0 Å². The van der Waals surface area contributed by atoms with Gasteiger partial charge in [0.2, 0.25) is 11.9 Å². The predicted octanol–water partition coefficient (Wildman–Crippen LogP) is 4.28. The Morgan fingerprint density at radius 1 is 1.10 bits per heavy atom. The van der Waals surface area contributed by atoms with Crippen LogP contribution in [-0.4, -0.2) is 15.5 Å². The lowest BCUT2D eigenvalue weighted by Gasteiger charge is -2.15. The average Bonchev–Trinajstić information content (AvgIpc) is 2.63. The van der Waals surface area contributed by atoms with Crippen LogP contribution in [0, 0.1) is 25.5 Å². The van der Waals surface area contributed by atoms with Gasteiger partial charge in [-0.05, 0) is 55.8 Å². The lowest BCUT2D eigenvalue weighted by Crippen LogP contribution is -2.30. The third-order valence-corrected chi connectivity index (χ3v) is 4.55. The number of carbonyl (C=O) groups is 1. The number of halogens is 3. The molecule has 2 aromatic carbocycles. The number of aromatic nitrogens is 2. The Hall–Kier alpha value is -3.07. The van der Waals surface area contributed by atoms with E-state index in [1.165, 1.54) is 30.3 Å². The number of benzene rings is 2. The quantitative estimate of drug-likeness (QED) is 0.593. The normalized spacial score (nSPS) is 10.7. The third-order valence-electron chi connectivity index (χ3n) is 4.06. The maximum Gasteiger partial charge on any atom is 0.255 e. The van der Waals surface area contributed by atoms with Gasteiger partial charge in [0.1, 0.15) is 18.2 Å². The summed E-state index contributed by atoms with van der Waals surface area (Å²) in [6.45, 7) is 2.87. The second-order valence-electron chi connectivity index (χ2n) is 6.41. The minimum absolute atomic E-state index is 0.00464. The van der Waals surface area contributed by atoms with Gasteiger partial charge in [0.25, 0.3) is 5.56 Å². The zero-order valence-electron chi connectivity index (χ0n) is 15.6. The van der Waals surface area contributed by atoms with Crippen LogP contribution in [0.25, 0.3) is 0 Å². The van der Waals surface area contributed by atoms with Crippen LogP contribution in [0.1, 0.15) is 11.3 Å². The minimum atomic E-state index is -0.609. The van der Waals surface area contributed by atoms with Gasteiger partial charge >= 0.3 is 0 Å². The van der Waals surface area contributed by atoms with Crippen molar-refractivity contribution in [3.05, 3.63) is 80.2 Å². The SMILES string of the molecule is Cc1cc(=O)n(CC(=O)Nc2ccc(Br)cc2F)c(Nc2ccc(F)c(C)c2)n1. The Bertz CT molecular complexity index is 1150. The van der Waals surface area contributed by atoms with Gasteiger partial charge in [0.15, 0.2) is 0 Å². The topological polar surface area (TPSA) is 76.0 Å². The monoisotopic (exact) mass is 462 g/mol. The fourth-order valence-electron chi connectivity index (χ4n) is 2.64. The van der Waals surface area contributed by atoms with Crippen molar-refractivity contribution in [1.29, 1.82) is 0 Å². The molecule has 0 fully saturated rings. The smallest absolute Gasteiger partial charge is 0.255 e. The van der Waals surface area contributed by atoms with Gasteiger partial charge in [-0.2, -0.15) is 0 Å². The highest BCUT2D eigenvalue weighted by Crippen LogP contribution is 2.20. The van der Waals surface area contributed by atoms with Gasteiger partial charge < -0.3 is 10.6 Å². The van der Waals surface area contributed by atoms with Crippen molar-refractivity contribution in [3.8, 4) is 0 Å². The zero-order valence-corrected chi connectivity index (χ0v) is 17.2. The Morgan fingerprint density at radius 2 is 1.86 bits per heavy atom. The Labute approximate surface area is 173 Å². The first-order valence-electron chi connectivity index (χ1n) is 8.59. The van der Waals surface area contributed by atoms with E-state index >= 15 is 0 Å². The molecular formula is C20H17BrF2N4O2. The molecule has 3 rings (SSSR count). The van der Waals surface area contributed by atoms with E-state index in [9.17, 15) is 18.4 Å². The highest BCUT2D eigenvalue weighted by atomic mass is 79.9. The number of rotatable bonds is 5. The summed E-state index contributed by atoms with van der Waals surface area (Å²) in [7, 11) is 0. The van der Waals surface area contributed by atoms with Gasteiger partial charge in [-0.15, -0.1) is 0 Å². The molecule has 0 aliphatic heterocycles. The van der Waals surface area contributed by atoms with Crippen molar-refractivity contribution in [1.82, 2.24) is 9.55 Å². The molecule has 1 aromatic heterocycles. The van der Waals surface area contributed by atoms with E-state index in [1.807, 2.05) is 0 Å². The number of hydrogen-bond donors (Lipinski definition) is 2. The predicted molar refractivity (Wildman–Crippen MR) is 110 cm³/mol. The lowest BCUT2D eigenvalue weighted by atomic mass is 10.2. The van der Waals surface area contributed by atoms with Crippen molar-refractivity contribution in [3.63, 3.8) is 0 Å². The van der Waals surface area contributed by atoms with Crippen molar-refractivity contribution < 1.29 is 13.6 Å². The number of nitrogens with zero attached hydrogens (tertiary/aromatic N) is 2. The minimum Gasteiger partial charge on any atom is -0.326 e. The molecule has 1 amide bonds. The second-order valence-corrected chi connectivity index (χ2v) is 7.32. The maximum atomic E-state index is 14.0. The van der Waals surface area contributed by atoms with Crippen molar-refractivity contribution in [2.45, 2.75) is 20.4 Å². The highest BCUT2D eigenvalue weighted by Gasteiger charge is 2.14. The molecule has 0 aliphatic rings. The molecular weight excluding hydrogens is 446 g/mol. The van der Waals surface area contributed by atoms with Crippen LogP contribution in [0.3, 0.4) is 0 Å². The first kappa shape index (κ1) is 20.7. The molecule has 2 N–H and O–H groups in total. The van der Waals surface area contributed by atoms with Crippen LogP contribution in [0.4, 0.5) is 26.1 Å². The van der Waals surface area contributed by atoms with Crippen molar-refractivity contribution in [2.75, 3.05) is 10.6 Å². The lowest BCUT2D eigenvalue weighted by molar-refractivity contribution is -0.116. The molecule has 0 saturated heterocycles. The highest BCUT2D eigenvalue weighted by molar-refractivity contribution is 9.10. The van der Waals surface area contributed by atoms with E-state index in [0.29, 0.717) is 21.4 Å². The molecule has 150 valence electrons. The standard InChI is InChI=1S/C20H17BrF2N4O2/c1-11-7-14(4-5-15(11)22)25-20-24-12(2)8-19(29)27(20)10-18(28)26-17-6-3-13(21)9-16(17)23/h3-9H,10H2,1-2H3,(H,24,25)(H,26,28). The number of amides is 1. The Morgan fingerprint density at radius 3 is 2.55 bits per heavy atom. The summed E-state index contributed by atoms with van der Waals surface area (Å²) in [5.74, 6) is -1.45. The van der Waals surface area contributed by atoms with Gasteiger partial charge in [-0.3, -0.25) is 14.2 Å². The number of aryl methyl sites for hydroxylation is 2. The first-order chi connectivity index (χ1) is 13.7. The number of hydrogen-bond acceptors (Lipinski definition) is 4. The third kappa shape index (κ3) is 5.05. The Balaban J connectivity index is 1.87. The van der Waals surface area contributed by atoms with E-state index in [1.54, 1.807) is 26.0 Å². The number of anilines is 3. The van der Waals surface area contributed by atoms with Crippen LogP contribution in [0.15, 0.2) is 51.7 Å². The van der Waals surface area contributed by atoms with Crippen LogP contribution in [-0.2, 0) is 11.3 Å². The van der Waals surface area contributed by atoms with Crippen LogP contribution in [0.5, 0.6) is 0 Å². The summed E-state index contributed by atoms with van der Waals surface area (Å²) in [4.78, 5) is 29.1. The summed E-state index contributed by atoms with van der Waals surface area (Å²) in [6.07, 6.45) is 0. The fraction of sp³-hybridized carbons (Fsp3) is 0.150. The van der Waals surface area contributed by atoms with E-state index < -0.39 is 17.3 Å². The summed E-state index contributed by atoms with van der Waals surface area (Å²) in [5.41, 5.74) is 0.918. The average molecular weight is 463 g/mol. The summed E-state index contributed by atoms with van der Waals surface area (Å²) < 4.78 is 29.1. The van der Waals surface area contributed by atoms with Gasteiger partial charge in [-0.1, -0.05) is 15.9 Å². The second kappa shape index (κ2) is 8.52. The van der Waals surface area contributed by atoms with Crippen molar-refractivity contribution in [2.24, 2.45) is 0 Å². The van der Waals surface area contributed by atoms with Gasteiger partial charge in [0, 0.05) is 21.9 Å². The fourth-order valence-corrected chi connectivity index (χ4v) is 2.98. The number of nitrogens with one attached hydrogen (secondary N) is 2. The molecule has 29 heavy (non-hydrogen) atoms. The van der Waals surface area contributed by atoms with Gasteiger partial charge in [0.05, 0.1) is 5.69 Å². The van der Waals surface area contributed by atoms with Crippen molar-refractivity contribution >= 4 is 39.2 Å². The molecule has 3 aromatic rings. The van der Waals surface area contributed by atoms with Crippen LogP contribution in [0.2, 0.25) is 0 Å². The molecule has 0 unspecified atom stereocenters. The summed E-state index contributed by atoms with van der Waals surface area (Å²) in [6, 6.07) is 9.85. The first-order valence-corrected chi connectivity index (χ1v) is 9.39. The Kier molecular flexibility index (Phi) is 6.07. The molecule has 0 saturated carbocycles. The van der Waals surface area contributed by atoms with Gasteiger partial charge in [-0.25, -0.2) is 13.8 Å². The molecule has 9 heteroatoms. The summed E-state index contributed by atoms with van der Waals surface area (Å²) >= 11 is 3.14. The van der Waals surface area contributed by atoms with Crippen LogP contribution < -0.4 is 16.2 Å². The molecule has 0 radical (unpaired) electrons. The largest absolute Gasteiger partial charge is 0.326 e. The molecule has 0 bridgehead atoms. The van der Waals surface area contributed by atoms with E-state index in [0.717, 1.165) is 4.57 Å². The number of carbonyl (C=O) groups excluding carboxylic acids is 1. The molecule has 0 spiro atoms. The van der Waals surface area contributed by atoms with Crippen LogP contribution >= 0.6 is 15.9 Å². The molecule has 0 aliphatic carbocycles. The maximum absolute atomic E-state index is 14.0. The van der Waals surface area contributed by atoms with E-state index in [2.05, 4.69) is 31.5 Å². The molecule has 1 heterocycles. The summed E-state index contributed by atoms with van der Waals surface area (Å²) in [5, 5.41) is 5.37. The molecule has 0 atom stereocenters. The van der Waals surface area contributed by atoms with E-state index in [-0.39, 0.29) is 24.0 Å². The molecule has 6 nitrogen and oxygen atoms in total.